The summed E-state index contributed by atoms with van der Waals surface area (Å²) in [5.41, 5.74) is 1.29. The lowest BCUT2D eigenvalue weighted by molar-refractivity contribution is 0.151. The number of likely N-dealkylation sites (N-methyl/N-ethyl adjacent to an activating group) is 1. The Hall–Kier alpha value is -0.970. The molecular weight excluding hydrogens is 277 g/mol. The molecule has 1 aromatic carbocycles. The molecule has 4 heteroatoms. The SMILES string of the molecule is CN1CCN(CCCNC2CC(c3ccc(F)cc3)C2)CC1. The van der Waals surface area contributed by atoms with E-state index in [1.165, 1.54) is 57.5 Å². The minimum absolute atomic E-state index is 0.137. The van der Waals surface area contributed by atoms with Crippen LogP contribution in [0.15, 0.2) is 24.3 Å². The Bertz CT molecular complexity index is 448. The van der Waals surface area contributed by atoms with Crippen LogP contribution in [0.2, 0.25) is 0 Å². The van der Waals surface area contributed by atoms with Gasteiger partial charge in [-0.05, 0) is 63.0 Å². The molecule has 0 aromatic heterocycles. The van der Waals surface area contributed by atoms with E-state index in [0.717, 1.165) is 6.54 Å². The maximum Gasteiger partial charge on any atom is 0.123 e. The highest BCUT2D eigenvalue weighted by Crippen LogP contribution is 2.36. The lowest BCUT2D eigenvalue weighted by Gasteiger charge is -2.37. The molecule has 0 unspecified atom stereocenters. The highest BCUT2D eigenvalue weighted by Gasteiger charge is 2.29. The second-order valence-electron chi connectivity index (χ2n) is 6.87. The highest BCUT2D eigenvalue weighted by molar-refractivity contribution is 5.23. The largest absolute Gasteiger partial charge is 0.314 e. The smallest absolute Gasteiger partial charge is 0.123 e. The van der Waals surface area contributed by atoms with E-state index in [1.807, 2.05) is 12.1 Å². The third-order valence-corrected chi connectivity index (χ3v) is 5.16. The average Bonchev–Trinajstić information content (AvgIpc) is 2.48. The van der Waals surface area contributed by atoms with E-state index in [9.17, 15) is 4.39 Å². The number of hydrogen-bond donors (Lipinski definition) is 1. The van der Waals surface area contributed by atoms with Gasteiger partial charge in [-0.1, -0.05) is 12.1 Å². The summed E-state index contributed by atoms with van der Waals surface area (Å²) in [5.74, 6) is 0.484. The summed E-state index contributed by atoms with van der Waals surface area (Å²) in [7, 11) is 2.20. The predicted octanol–water partition coefficient (Wildman–Crippen LogP) is 2.30. The molecule has 1 saturated heterocycles. The van der Waals surface area contributed by atoms with Gasteiger partial charge in [0.1, 0.15) is 5.82 Å². The van der Waals surface area contributed by atoms with Gasteiger partial charge < -0.3 is 15.1 Å². The number of nitrogens with one attached hydrogen (secondary N) is 1. The fourth-order valence-electron chi connectivity index (χ4n) is 3.47. The Morgan fingerprint density at radius 1 is 1.09 bits per heavy atom. The molecule has 0 atom stereocenters. The Kier molecular flexibility index (Phi) is 5.45. The Morgan fingerprint density at radius 3 is 2.45 bits per heavy atom. The summed E-state index contributed by atoms with van der Waals surface area (Å²) in [5, 5.41) is 3.67. The van der Waals surface area contributed by atoms with Gasteiger partial charge in [-0.15, -0.1) is 0 Å². The lowest BCUT2D eigenvalue weighted by atomic mass is 9.76. The Labute approximate surface area is 133 Å². The number of piperazine rings is 1. The van der Waals surface area contributed by atoms with Crippen LogP contribution in [-0.4, -0.2) is 62.2 Å². The summed E-state index contributed by atoms with van der Waals surface area (Å²) in [4.78, 5) is 4.97. The van der Waals surface area contributed by atoms with E-state index in [2.05, 4.69) is 22.2 Å². The molecule has 0 bridgehead atoms. The Morgan fingerprint density at radius 2 is 1.77 bits per heavy atom. The van der Waals surface area contributed by atoms with E-state index in [4.69, 9.17) is 0 Å². The molecule has 3 rings (SSSR count). The zero-order valence-electron chi connectivity index (χ0n) is 13.6. The fourth-order valence-corrected chi connectivity index (χ4v) is 3.47. The van der Waals surface area contributed by atoms with Crippen molar-refractivity contribution in [2.45, 2.75) is 31.2 Å². The molecule has 1 aromatic rings. The van der Waals surface area contributed by atoms with Crippen molar-refractivity contribution in [2.75, 3.05) is 46.3 Å². The van der Waals surface area contributed by atoms with E-state index < -0.39 is 0 Å². The molecule has 0 amide bonds. The summed E-state index contributed by atoms with van der Waals surface area (Å²) in [6.07, 6.45) is 3.63. The third kappa shape index (κ3) is 4.28. The zero-order valence-corrected chi connectivity index (χ0v) is 13.6. The first-order valence-electron chi connectivity index (χ1n) is 8.60. The second kappa shape index (κ2) is 7.53. The molecule has 2 fully saturated rings. The van der Waals surface area contributed by atoms with E-state index in [1.54, 1.807) is 12.1 Å². The van der Waals surface area contributed by atoms with Gasteiger partial charge >= 0.3 is 0 Å². The van der Waals surface area contributed by atoms with Crippen LogP contribution >= 0.6 is 0 Å². The molecule has 1 saturated carbocycles. The lowest BCUT2D eigenvalue weighted by Crippen LogP contribution is -2.45. The molecule has 1 N–H and O–H groups in total. The summed E-state index contributed by atoms with van der Waals surface area (Å²) >= 11 is 0. The van der Waals surface area contributed by atoms with Gasteiger partial charge in [0.25, 0.3) is 0 Å². The second-order valence-corrected chi connectivity index (χ2v) is 6.87. The monoisotopic (exact) mass is 305 g/mol. The van der Waals surface area contributed by atoms with Crippen molar-refractivity contribution in [3.63, 3.8) is 0 Å². The van der Waals surface area contributed by atoms with Gasteiger partial charge in [0.15, 0.2) is 0 Å². The van der Waals surface area contributed by atoms with Crippen molar-refractivity contribution >= 4 is 0 Å². The Balaban J connectivity index is 1.26. The number of hydrogen-bond acceptors (Lipinski definition) is 3. The number of nitrogens with zero attached hydrogens (tertiary/aromatic N) is 2. The van der Waals surface area contributed by atoms with Crippen molar-refractivity contribution in [1.82, 2.24) is 15.1 Å². The molecule has 1 heterocycles. The van der Waals surface area contributed by atoms with Crippen LogP contribution in [0.5, 0.6) is 0 Å². The van der Waals surface area contributed by atoms with Crippen molar-refractivity contribution in [1.29, 1.82) is 0 Å². The van der Waals surface area contributed by atoms with Gasteiger partial charge in [0.2, 0.25) is 0 Å². The first-order valence-corrected chi connectivity index (χ1v) is 8.60. The molecule has 122 valence electrons. The van der Waals surface area contributed by atoms with Crippen molar-refractivity contribution in [3.05, 3.63) is 35.6 Å². The van der Waals surface area contributed by atoms with Crippen molar-refractivity contribution < 1.29 is 4.39 Å². The molecule has 0 spiro atoms. The molecular formula is C18H28FN3. The number of halogens is 1. The zero-order chi connectivity index (χ0) is 15.4. The van der Waals surface area contributed by atoms with Gasteiger partial charge in [0.05, 0.1) is 0 Å². The molecule has 22 heavy (non-hydrogen) atoms. The predicted molar refractivity (Wildman–Crippen MR) is 88.7 cm³/mol. The van der Waals surface area contributed by atoms with E-state index >= 15 is 0 Å². The average molecular weight is 305 g/mol. The maximum absolute atomic E-state index is 12.9. The first kappa shape index (κ1) is 15.9. The maximum atomic E-state index is 12.9. The quantitative estimate of drug-likeness (QED) is 0.814. The van der Waals surface area contributed by atoms with Crippen molar-refractivity contribution in [3.8, 4) is 0 Å². The van der Waals surface area contributed by atoms with Crippen LogP contribution in [0.1, 0.15) is 30.7 Å². The molecule has 0 radical (unpaired) electrons. The van der Waals surface area contributed by atoms with Gasteiger partial charge in [-0.2, -0.15) is 0 Å². The van der Waals surface area contributed by atoms with Gasteiger partial charge in [0, 0.05) is 32.2 Å². The van der Waals surface area contributed by atoms with Gasteiger partial charge in [-0.25, -0.2) is 4.39 Å². The summed E-state index contributed by atoms with van der Waals surface area (Å²) in [6, 6.07) is 7.67. The topological polar surface area (TPSA) is 18.5 Å². The summed E-state index contributed by atoms with van der Waals surface area (Å²) < 4.78 is 12.9. The van der Waals surface area contributed by atoms with Crippen LogP contribution in [0, 0.1) is 5.82 Å². The molecule has 1 aliphatic heterocycles. The third-order valence-electron chi connectivity index (χ3n) is 5.16. The van der Waals surface area contributed by atoms with Crippen molar-refractivity contribution in [2.24, 2.45) is 0 Å². The highest BCUT2D eigenvalue weighted by atomic mass is 19.1. The van der Waals surface area contributed by atoms with E-state index in [0.29, 0.717) is 12.0 Å². The first-order chi connectivity index (χ1) is 10.7. The van der Waals surface area contributed by atoms with Gasteiger partial charge in [-0.3, -0.25) is 0 Å². The van der Waals surface area contributed by atoms with Crippen LogP contribution in [0.25, 0.3) is 0 Å². The van der Waals surface area contributed by atoms with Crippen LogP contribution < -0.4 is 5.32 Å². The molecule has 2 aliphatic rings. The van der Waals surface area contributed by atoms with Crippen LogP contribution in [0.4, 0.5) is 4.39 Å². The van der Waals surface area contributed by atoms with Crippen LogP contribution in [-0.2, 0) is 0 Å². The van der Waals surface area contributed by atoms with Crippen LogP contribution in [0.3, 0.4) is 0 Å². The summed E-state index contributed by atoms with van der Waals surface area (Å²) in [6.45, 7) is 7.17. The number of rotatable bonds is 6. The number of benzene rings is 1. The minimum Gasteiger partial charge on any atom is -0.314 e. The molecule has 3 nitrogen and oxygen atoms in total. The van der Waals surface area contributed by atoms with E-state index in [-0.39, 0.29) is 5.82 Å². The normalized spacial score (nSPS) is 26.8. The fraction of sp³-hybridized carbons (Fsp3) is 0.667. The minimum atomic E-state index is -0.137. The standard InChI is InChI=1S/C18H28FN3/c1-21-9-11-22(12-10-21)8-2-7-20-18-13-16(14-18)15-3-5-17(19)6-4-15/h3-6,16,18,20H,2,7-14H2,1H3. The molecule has 1 aliphatic carbocycles.